The predicted octanol–water partition coefficient (Wildman–Crippen LogP) is 6.15. The van der Waals surface area contributed by atoms with E-state index in [9.17, 15) is 9.18 Å². The summed E-state index contributed by atoms with van der Waals surface area (Å²) in [6.45, 7) is 6.37. The molecular formula is C29H29FN4O4S. The molecule has 202 valence electrons. The number of benzene rings is 2. The Bertz CT molecular complexity index is 1480. The molecule has 2 aromatic heterocycles. The van der Waals surface area contributed by atoms with E-state index in [2.05, 4.69) is 21.6 Å². The fourth-order valence-corrected chi connectivity index (χ4v) is 4.70. The lowest BCUT2D eigenvalue weighted by Gasteiger charge is -2.19. The molecule has 0 spiro atoms. The molecule has 10 heteroatoms. The van der Waals surface area contributed by atoms with Crippen molar-refractivity contribution in [1.82, 2.24) is 15.5 Å². The van der Waals surface area contributed by atoms with E-state index in [1.54, 1.807) is 26.8 Å². The Kier molecular flexibility index (Phi) is 9.07. The highest BCUT2D eigenvalue weighted by molar-refractivity contribution is 7.17. The molecule has 1 N–H and O–H groups in total. The number of nitriles is 1. The smallest absolute Gasteiger partial charge is 0.407 e. The SMILES string of the molecule is CC(C)(C)OC(=O)NCCOCCOc1cc(F)ccc1-c1nnc(-c2ccc(CC#N)cc2)c2ccsc12. The number of hydrogen-bond donors (Lipinski definition) is 1. The van der Waals surface area contributed by atoms with Crippen LogP contribution in [-0.4, -0.2) is 48.3 Å². The third kappa shape index (κ3) is 7.50. The third-order valence-electron chi connectivity index (χ3n) is 5.49. The summed E-state index contributed by atoms with van der Waals surface area (Å²) >= 11 is 1.52. The van der Waals surface area contributed by atoms with Gasteiger partial charge >= 0.3 is 6.09 Å². The number of rotatable bonds is 10. The van der Waals surface area contributed by atoms with Crippen molar-refractivity contribution in [2.45, 2.75) is 32.8 Å². The molecule has 4 rings (SSSR count). The molecule has 0 saturated carbocycles. The number of fused-ring (bicyclic) bond motifs is 1. The minimum absolute atomic E-state index is 0.178. The van der Waals surface area contributed by atoms with Gasteiger partial charge in [0, 0.05) is 29.1 Å². The lowest BCUT2D eigenvalue weighted by molar-refractivity contribution is 0.0489. The number of amides is 1. The zero-order valence-electron chi connectivity index (χ0n) is 22.0. The molecule has 2 heterocycles. The van der Waals surface area contributed by atoms with Crippen LogP contribution in [0, 0.1) is 17.1 Å². The summed E-state index contributed by atoms with van der Waals surface area (Å²) in [7, 11) is 0. The van der Waals surface area contributed by atoms with Gasteiger partial charge in [0.05, 0.1) is 30.4 Å². The Morgan fingerprint density at radius 1 is 1.05 bits per heavy atom. The fraction of sp³-hybridized carbons (Fsp3) is 0.310. The minimum Gasteiger partial charge on any atom is -0.490 e. The molecule has 8 nitrogen and oxygen atoms in total. The van der Waals surface area contributed by atoms with Crippen molar-refractivity contribution in [2.75, 3.05) is 26.4 Å². The number of alkyl carbamates (subject to hydrolysis) is 1. The average molecular weight is 549 g/mol. The molecule has 0 atom stereocenters. The maximum Gasteiger partial charge on any atom is 0.407 e. The number of carbonyl (C=O) groups excluding carboxylic acids is 1. The topological polar surface area (TPSA) is 106 Å². The van der Waals surface area contributed by atoms with Crippen LogP contribution in [0.5, 0.6) is 5.75 Å². The maximum atomic E-state index is 14.1. The van der Waals surface area contributed by atoms with Crippen molar-refractivity contribution >= 4 is 27.5 Å². The highest BCUT2D eigenvalue weighted by Crippen LogP contribution is 2.39. The number of nitrogens with zero attached hydrogens (tertiary/aromatic N) is 3. The Labute approximate surface area is 230 Å². The molecule has 0 unspecified atom stereocenters. The largest absolute Gasteiger partial charge is 0.490 e. The first-order chi connectivity index (χ1) is 18.7. The van der Waals surface area contributed by atoms with E-state index >= 15 is 0 Å². The lowest BCUT2D eigenvalue weighted by atomic mass is 10.0. The standard InChI is InChI=1S/C29H29FN4O4S/c1-29(2,3)38-28(35)32-13-14-36-15-16-37-24-18-21(30)8-9-22(24)26-27-23(11-17-39-27)25(33-34-26)20-6-4-19(5-7-20)10-12-31/h4-9,11,17-18H,10,13-16H2,1-3H3,(H,32,35). The van der Waals surface area contributed by atoms with Crippen LogP contribution in [0.15, 0.2) is 53.9 Å². The molecule has 0 aliphatic carbocycles. The normalized spacial score (nSPS) is 11.3. The molecule has 0 fully saturated rings. The van der Waals surface area contributed by atoms with E-state index < -0.39 is 17.5 Å². The summed E-state index contributed by atoms with van der Waals surface area (Å²) in [6, 6.07) is 16.1. The van der Waals surface area contributed by atoms with E-state index in [0.717, 1.165) is 26.9 Å². The average Bonchev–Trinajstić information content (AvgIpc) is 3.38. The van der Waals surface area contributed by atoms with Gasteiger partial charge in [-0.15, -0.1) is 21.5 Å². The van der Waals surface area contributed by atoms with E-state index in [4.69, 9.17) is 19.5 Å². The van der Waals surface area contributed by atoms with Crippen LogP contribution < -0.4 is 10.1 Å². The molecule has 4 aromatic rings. The van der Waals surface area contributed by atoms with Gasteiger partial charge in [0.15, 0.2) is 0 Å². The monoisotopic (exact) mass is 548 g/mol. The van der Waals surface area contributed by atoms with Gasteiger partial charge in [0.2, 0.25) is 0 Å². The summed E-state index contributed by atoms with van der Waals surface area (Å²) in [5.74, 6) is -0.0937. The maximum absolute atomic E-state index is 14.1. The van der Waals surface area contributed by atoms with Gasteiger partial charge in [0.1, 0.15) is 35.2 Å². The van der Waals surface area contributed by atoms with Gasteiger partial charge in [-0.3, -0.25) is 0 Å². The van der Waals surface area contributed by atoms with E-state index in [-0.39, 0.29) is 19.8 Å². The number of halogens is 1. The van der Waals surface area contributed by atoms with Crippen LogP contribution in [0.25, 0.3) is 32.6 Å². The van der Waals surface area contributed by atoms with Crippen molar-refractivity contribution in [3.63, 3.8) is 0 Å². The summed E-state index contributed by atoms with van der Waals surface area (Å²) < 4.78 is 31.6. The zero-order chi connectivity index (χ0) is 27.8. The van der Waals surface area contributed by atoms with Crippen molar-refractivity contribution in [1.29, 1.82) is 5.26 Å². The second-order valence-corrected chi connectivity index (χ2v) is 10.5. The Hall–Kier alpha value is -4.07. The Balaban J connectivity index is 1.43. The second kappa shape index (κ2) is 12.7. The summed E-state index contributed by atoms with van der Waals surface area (Å²) in [6.07, 6.45) is -0.157. The summed E-state index contributed by atoms with van der Waals surface area (Å²) in [4.78, 5) is 11.7. The molecule has 0 aliphatic rings. The third-order valence-corrected chi connectivity index (χ3v) is 6.42. The van der Waals surface area contributed by atoms with Gasteiger partial charge in [-0.1, -0.05) is 24.3 Å². The number of aromatic nitrogens is 2. The van der Waals surface area contributed by atoms with Gasteiger partial charge < -0.3 is 19.5 Å². The second-order valence-electron chi connectivity index (χ2n) is 9.62. The first kappa shape index (κ1) is 28.0. The quantitative estimate of drug-likeness (QED) is 0.237. The number of thiophene rings is 1. The van der Waals surface area contributed by atoms with Crippen LogP contribution in [0.2, 0.25) is 0 Å². The van der Waals surface area contributed by atoms with Crippen LogP contribution in [0.4, 0.5) is 9.18 Å². The Morgan fingerprint density at radius 3 is 2.56 bits per heavy atom. The van der Waals surface area contributed by atoms with Crippen molar-refractivity contribution in [2.24, 2.45) is 0 Å². The number of hydrogen-bond acceptors (Lipinski definition) is 8. The zero-order valence-corrected chi connectivity index (χ0v) is 22.8. The van der Waals surface area contributed by atoms with Crippen molar-refractivity contribution < 1.29 is 23.4 Å². The van der Waals surface area contributed by atoms with Gasteiger partial charge in [-0.25, -0.2) is 9.18 Å². The molecule has 39 heavy (non-hydrogen) atoms. The van der Waals surface area contributed by atoms with Gasteiger partial charge in [0.25, 0.3) is 0 Å². The van der Waals surface area contributed by atoms with Gasteiger partial charge in [-0.05, 0) is 49.9 Å². The van der Waals surface area contributed by atoms with Crippen molar-refractivity contribution in [3.05, 3.63) is 65.3 Å². The van der Waals surface area contributed by atoms with Crippen LogP contribution in [-0.2, 0) is 15.9 Å². The number of carbonyl (C=O) groups is 1. The predicted molar refractivity (Wildman–Crippen MR) is 148 cm³/mol. The summed E-state index contributed by atoms with van der Waals surface area (Å²) in [5.41, 5.74) is 3.22. The molecule has 1 amide bonds. The van der Waals surface area contributed by atoms with E-state index in [0.29, 0.717) is 30.0 Å². The number of ether oxygens (including phenoxy) is 3. The molecule has 0 bridgehead atoms. The van der Waals surface area contributed by atoms with Crippen LogP contribution in [0.3, 0.4) is 0 Å². The van der Waals surface area contributed by atoms with Gasteiger partial charge in [-0.2, -0.15) is 5.26 Å². The molecule has 0 radical (unpaired) electrons. The Morgan fingerprint density at radius 2 is 1.82 bits per heavy atom. The van der Waals surface area contributed by atoms with Crippen LogP contribution >= 0.6 is 11.3 Å². The first-order valence-electron chi connectivity index (χ1n) is 12.4. The molecular weight excluding hydrogens is 519 g/mol. The lowest BCUT2D eigenvalue weighted by Crippen LogP contribution is -2.34. The van der Waals surface area contributed by atoms with Crippen LogP contribution in [0.1, 0.15) is 26.3 Å². The molecule has 2 aromatic carbocycles. The highest BCUT2D eigenvalue weighted by Gasteiger charge is 2.18. The first-order valence-corrected chi connectivity index (χ1v) is 13.3. The molecule has 0 saturated heterocycles. The summed E-state index contributed by atoms with van der Waals surface area (Å²) in [5, 5.41) is 23.4. The molecule has 0 aliphatic heterocycles. The minimum atomic E-state index is -0.564. The van der Waals surface area contributed by atoms with E-state index in [1.807, 2.05) is 35.7 Å². The fourth-order valence-electron chi connectivity index (χ4n) is 3.80. The highest BCUT2D eigenvalue weighted by atomic mass is 32.1. The van der Waals surface area contributed by atoms with Crippen molar-refractivity contribution in [3.8, 4) is 34.3 Å². The van der Waals surface area contributed by atoms with E-state index in [1.165, 1.54) is 23.5 Å². The number of nitrogens with one attached hydrogen (secondary N) is 1.